The zero-order chi connectivity index (χ0) is 25.1. The lowest BCUT2D eigenvalue weighted by atomic mass is 9.44. The highest BCUT2D eigenvalue weighted by Crippen LogP contribution is 2.68. The molecule has 2 nitrogen and oxygen atoms in total. The number of rotatable bonds is 10. The molecule has 0 bridgehead atoms. The first kappa shape index (κ1) is 27.3. The summed E-state index contributed by atoms with van der Waals surface area (Å²) >= 11 is 0. The third kappa shape index (κ3) is 5.72. The molecule has 4 aliphatic carbocycles. The largest absolute Gasteiger partial charge is 0.435 e. The van der Waals surface area contributed by atoms with Crippen molar-refractivity contribution in [2.45, 2.75) is 144 Å². The van der Waals surface area contributed by atoms with Gasteiger partial charge in [-0.25, -0.2) is 0 Å². The molecule has 4 fully saturated rings. The van der Waals surface area contributed by atoms with Gasteiger partial charge in [0.05, 0.1) is 6.26 Å². The smallest absolute Gasteiger partial charge is 0.310 e. The number of esters is 1. The van der Waals surface area contributed by atoms with Crippen LogP contribution in [-0.4, -0.2) is 5.97 Å². The van der Waals surface area contributed by atoms with Crippen LogP contribution in [0.4, 0.5) is 0 Å². The van der Waals surface area contributed by atoms with Gasteiger partial charge in [0, 0.05) is 6.42 Å². The average Bonchev–Trinajstić information content (AvgIpc) is 3.20. The van der Waals surface area contributed by atoms with Crippen molar-refractivity contribution >= 4 is 5.97 Å². The minimum Gasteiger partial charge on any atom is -0.435 e. The molecule has 0 N–H and O–H groups in total. The van der Waals surface area contributed by atoms with Gasteiger partial charge in [0.15, 0.2) is 0 Å². The van der Waals surface area contributed by atoms with Crippen LogP contribution >= 0.6 is 0 Å². The van der Waals surface area contributed by atoms with E-state index in [1.165, 1.54) is 82.6 Å². The van der Waals surface area contributed by atoms with E-state index in [2.05, 4.69) is 34.6 Å². The molecule has 0 aliphatic heterocycles. The molecule has 0 spiro atoms. The third-order valence-electron chi connectivity index (χ3n) is 12.0. The van der Waals surface area contributed by atoms with Gasteiger partial charge in [-0.1, -0.05) is 59.8 Å². The van der Waals surface area contributed by atoms with Gasteiger partial charge in [-0.15, -0.1) is 0 Å². The number of carbonyl (C=O) groups excluding carboxylic acids is 1. The van der Waals surface area contributed by atoms with Crippen molar-refractivity contribution in [2.24, 2.45) is 46.3 Å². The highest BCUT2D eigenvalue weighted by Gasteiger charge is 2.60. The topological polar surface area (TPSA) is 26.3 Å². The van der Waals surface area contributed by atoms with Crippen LogP contribution in [0.15, 0.2) is 11.8 Å². The van der Waals surface area contributed by atoms with Gasteiger partial charge in [-0.2, -0.15) is 0 Å². The van der Waals surface area contributed by atoms with Crippen LogP contribution in [0.1, 0.15) is 144 Å². The molecule has 4 rings (SSSR count). The molecule has 0 saturated heterocycles. The predicted molar refractivity (Wildman–Crippen MR) is 147 cm³/mol. The maximum atomic E-state index is 11.9. The van der Waals surface area contributed by atoms with E-state index >= 15 is 0 Å². The summed E-state index contributed by atoms with van der Waals surface area (Å²) in [6.45, 7) is 12.3. The summed E-state index contributed by atoms with van der Waals surface area (Å²) in [6.07, 6.45) is 24.1. The Hall–Kier alpha value is -0.790. The molecular weight excluding hydrogens is 428 g/mol. The van der Waals surface area contributed by atoms with Crippen LogP contribution in [0.2, 0.25) is 0 Å². The van der Waals surface area contributed by atoms with E-state index in [0.29, 0.717) is 17.3 Å². The fourth-order valence-corrected chi connectivity index (χ4v) is 9.98. The quantitative estimate of drug-likeness (QED) is 0.175. The van der Waals surface area contributed by atoms with E-state index in [4.69, 9.17) is 4.74 Å². The van der Waals surface area contributed by atoms with E-state index in [1.54, 1.807) is 6.26 Å². The fourth-order valence-electron chi connectivity index (χ4n) is 9.98. The molecular formula is C33H56O2. The zero-order valence-corrected chi connectivity index (χ0v) is 23.9. The number of unbranched alkanes of at least 4 members (excludes halogenated alkanes) is 2. The Morgan fingerprint density at radius 2 is 1.71 bits per heavy atom. The summed E-state index contributed by atoms with van der Waals surface area (Å²) in [5, 5.41) is 0. The van der Waals surface area contributed by atoms with Crippen LogP contribution in [0.3, 0.4) is 0 Å². The van der Waals surface area contributed by atoms with E-state index < -0.39 is 0 Å². The summed E-state index contributed by atoms with van der Waals surface area (Å²) < 4.78 is 5.39. The number of ether oxygens (including phenoxy) is 1. The lowest BCUT2D eigenvalue weighted by Crippen LogP contribution is -2.53. The molecule has 35 heavy (non-hydrogen) atoms. The second-order valence-corrected chi connectivity index (χ2v) is 13.9. The molecule has 0 aromatic rings. The molecule has 200 valence electrons. The zero-order valence-electron chi connectivity index (χ0n) is 23.9. The minimum atomic E-state index is -0.0668. The average molecular weight is 485 g/mol. The minimum absolute atomic E-state index is 0.0668. The van der Waals surface area contributed by atoms with E-state index in [0.717, 1.165) is 61.2 Å². The summed E-state index contributed by atoms with van der Waals surface area (Å²) in [6, 6.07) is 0. The molecule has 0 heterocycles. The second-order valence-electron chi connectivity index (χ2n) is 13.9. The molecule has 0 radical (unpaired) electrons. The standard InChI is InChI=1S/C33H56O2/c1-6-7-8-15-31(34)35-23-24(2)12-11-13-25(3)28-18-19-29-27-17-16-26-14-9-10-21-32(26,4)30(27)20-22-33(28,29)5/h23,25-30H,6-22H2,1-5H3/t25-,26?,27+,28-,29+,30+,32+,33-/m1/s1. The Kier molecular flexibility index (Phi) is 9.13. The Bertz CT molecular complexity index is 739. The summed E-state index contributed by atoms with van der Waals surface area (Å²) in [5.74, 6) is 5.71. The molecule has 4 saturated carbocycles. The van der Waals surface area contributed by atoms with Crippen molar-refractivity contribution < 1.29 is 9.53 Å². The molecule has 0 amide bonds. The van der Waals surface area contributed by atoms with Crippen LogP contribution in [0.25, 0.3) is 0 Å². The van der Waals surface area contributed by atoms with Crippen molar-refractivity contribution in [3.8, 4) is 0 Å². The lowest BCUT2D eigenvalue weighted by molar-refractivity contribution is -0.138. The molecule has 8 atom stereocenters. The number of fused-ring (bicyclic) bond motifs is 5. The second kappa shape index (κ2) is 11.7. The number of carbonyl (C=O) groups is 1. The van der Waals surface area contributed by atoms with Crippen molar-refractivity contribution in [1.29, 1.82) is 0 Å². The Balaban J connectivity index is 1.27. The Morgan fingerprint density at radius 1 is 0.914 bits per heavy atom. The number of allylic oxidation sites excluding steroid dienone is 1. The first-order chi connectivity index (χ1) is 16.8. The first-order valence-electron chi connectivity index (χ1n) is 15.6. The van der Waals surface area contributed by atoms with Gasteiger partial charge in [-0.3, -0.25) is 4.79 Å². The van der Waals surface area contributed by atoms with Crippen LogP contribution in [0.5, 0.6) is 0 Å². The lowest BCUT2D eigenvalue weighted by Gasteiger charge is -2.61. The van der Waals surface area contributed by atoms with E-state index in [1.807, 2.05) is 0 Å². The van der Waals surface area contributed by atoms with Crippen molar-refractivity contribution in [2.75, 3.05) is 0 Å². The van der Waals surface area contributed by atoms with Crippen LogP contribution < -0.4 is 0 Å². The monoisotopic (exact) mass is 484 g/mol. The molecule has 4 aliphatic rings. The van der Waals surface area contributed by atoms with Gasteiger partial charge < -0.3 is 4.74 Å². The highest BCUT2D eigenvalue weighted by atomic mass is 16.5. The van der Waals surface area contributed by atoms with Crippen molar-refractivity contribution in [3.05, 3.63) is 11.8 Å². The van der Waals surface area contributed by atoms with Gasteiger partial charge in [0.25, 0.3) is 0 Å². The SMILES string of the molecule is CCCCCC(=O)OC=C(C)CCC[C@@H](C)[C@H]1CC[C@H]2[C@@H]3CCC4CCCC[C@]4(C)[C@H]3CC[C@]12C. The van der Waals surface area contributed by atoms with Gasteiger partial charge in [0.1, 0.15) is 0 Å². The van der Waals surface area contributed by atoms with Crippen LogP contribution in [0, 0.1) is 46.3 Å². The van der Waals surface area contributed by atoms with Crippen LogP contribution in [-0.2, 0) is 9.53 Å². The molecule has 0 aromatic carbocycles. The summed E-state index contributed by atoms with van der Waals surface area (Å²) in [4.78, 5) is 11.9. The maximum Gasteiger partial charge on any atom is 0.310 e. The molecule has 0 aromatic heterocycles. The van der Waals surface area contributed by atoms with Gasteiger partial charge in [-0.05, 0) is 129 Å². The van der Waals surface area contributed by atoms with Gasteiger partial charge in [0.2, 0.25) is 0 Å². The Labute approximate surface area is 217 Å². The predicted octanol–water partition coefficient (Wildman–Crippen LogP) is 9.87. The molecule has 2 heteroatoms. The summed E-state index contributed by atoms with van der Waals surface area (Å²) in [5.41, 5.74) is 2.46. The van der Waals surface area contributed by atoms with Crippen molar-refractivity contribution in [3.63, 3.8) is 0 Å². The van der Waals surface area contributed by atoms with Crippen molar-refractivity contribution in [1.82, 2.24) is 0 Å². The summed E-state index contributed by atoms with van der Waals surface area (Å²) in [7, 11) is 0. The normalized spacial score (nSPS) is 39.9. The Morgan fingerprint density at radius 3 is 2.51 bits per heavy atom. The fraction of sp³-hybridized carbons (Fsp3) is 0.909. The molecule has 1 unspecified atom stereocenters. The highest BCUT2D eigenvalue weighted by molar-refractivity contribution is 5.69. The van der Waals surface area contributed by atoms with E-state index in [9.17, 15) is 4.79 Å². The first-order valence-corrected chi connectivity index (χ1v) is 15.6. The van der Waals surface area contributed by atoms with Gasteiger partial charge >= 0.3 is 5.97 Å². The van der Waals surface area contributed by atoms with E-state index in [-0.39, 0.29) is 5.97 Å². The number of hydrogen-bond acceptors (Lipinski definition) is 2. The number of hydrogen-bond donors (Lipinski definition) is 0. The third-order valence-corrected chi connectivity index (χ3v) is 12.0. The maximum absolute atomic E-state index is 11.9.